The van der Waals surface area contributed by atoms with Crippen LogP contribution >= 0.6 is 23.2 Å². The van der Waals surface area contributed by atoms with Crippen LogP contribution in [0.4, 0.5) is 0 Å². The lowest BCUT2D eigenvalue weighted by molar-refractivity contribution is -0.0110. The topological polar surface area (TPSA) is 21.3 Å². The van der Waals surface area contributed by atoms with Crippen molar-refractivity contribution < 1.29 is 4.74 Å². The van der Waals surface area contributed by atoms with Crippen molar-refractivity contribution in [3.63, 3.8) is 0 Å². The van der Waals surface area contributed by atoms with Gasteiger partial charge in [0.1, 0.15) is 0 Å². The molecule has 1 fully saturated rings. The predicted molar refractivity (Wildman–Crippen MR) is 81.2 cm³/mol. The highest BCUT2D eigenvalue weighted by Crippen LogP contribution is 2.33. The zero-order chi connectivity index (χ0) is 13.9. The Labute approximate surface area is 125 Å². The highest BCUT2D eigenvalue weighted by Gasteiger charge is 2.38. The first-order valence-corrected chi connectivity index (χ1v) is 7.62. The number of hydrogen-bond acceptors (Lipinski definition) is 2. The van der Waals surface area contributed by atoms with Crippen LogP contribution in [-0.2, 0) is 11.2 Å². The highest BCUT2D eigenvalue weighted by atomic mass is 35.5. The largest absolute Gasteiger partial charge is 0.374 e. The SMILES string of the molecule is CCNC(Cc1cccc(Cl)c1Cl)C1(C)CCCO1. The minimum Gasteiger partial charge on any atom is -0.374 e. The lowest BCUT2D eigenvalue weighted by Crippen LogP contribution is -2.49. The highest BCUT2D eigenvalue weighted by molar-refractivity contribution is 6.42. The lowest BCUT2D eigenvalue weighted by atomic mass is 9.88. The molecular weight excluding hydrogens is 281 g/mol. The van der Waals surface area contributed by atoms with Gasteiger partial charge in [0, 0.05) is 12.6 Å². The number of hydrogen-bond donors (Lipinski definition) is 1. The maximum atomic E-state index is 6.29. The Hall–Kier alpha value is -0.280. The van der Waals surface area contributed by atoms with Gasteiger partial charge in [-0.05, 0) is 44.4 Å². The zero-order valence-corrected chi connectivity index (χ0v) is 13.0. The quantitative estimate of drug-likeness (QED) is 0.885. The molecule has 0 spiro atoms. The molecule has 1 saturated heterocycles. The van der Waals surface area contributed by atoms with Crippen LogP contribution in [0.25, 0.3) is 0 Å². The Bertz CT molecular complexity index is 430. The first kappa shape index (κ1) is 15.1. The third-order valence-electron chi connectivity index (χ3n) is 3.89. The Morgan fingerprint density at radius 2 is 2.21 bits per heavy atom. The van der Waals surface area contributed by atoms with Gasteiger partial charge in [-0.15, -0.1) is 0 Å². The zero-order valence-electron chi connectivity index (χ0n) is 11.5. The molecule has 1 heterocycles. The maximum absolute atomic E-state index is 6.29. The molecule has 2 unspecified atom stereocenters. The van der Waals surface area contributed by atoms with E-state index in [1.807, 2.05) is 18.2 Å². The Balaban J connectivity index is 2.18. The summed E-state index contributed by atoms with van der Waals surface area (Å²) in [6.45, 7) is 6.07. The predicted octanol–water partition coefficient (Wildman–Crippen LogP) is 4.08. The van der Waals surface area contributed by atoms with Crippen molar-refractivity contribution >= 4 is 23.2 Å². The van der Waals surface area contributed by atoms with Crippen LogP contribution in [0.3, 0.4) is 0 Å². The van der Waals surface area contributed by atoms with Crippen molar-refractivity contribution in [3.8, 4) is 0 Å². The van der Waals surface area contributed by atoms with E-state index in [1.54, 1.807) is 0 Å². The fourth-order valence-electron chi connectivity index (χ4n) is 2.75. The van der Waals surface area contributed by atoms with Crippen LogP contribution in [0.5, 0.6) is 0 Å². The van der Waals surface area contributed by atoms with Crippen molar-refractivity contribution in [1.82, 2.24) is 5.32 Å². The summed E-state index contributed by atoms with van der Waals surface area (Å²) >= 11 is 12.4. The molecule has 1 N–H and O–H groups in total. The monoisotopic (exact) mass is 301 g/mol. The molecule has 2 atom stereocenters. The average molecular weight is 302 g/mol. The normalized spacial score (nSPS) is 24.6. The molecule has 0 amide bonds. The van der Waals surface area contributed by atoms with Gasteiger partial charge in [-0.1, -0.05) is 42.3 Å². The van der Waals surface area contributed by atoms with Gasteiger partial charge in [0.25, 0.3) is 0 Å². The molecule has 1 aromatic rings. The number of halogens is 2. The molecule has 19 heavy (non-hydrogen) atoms. The average Bonchev–Trinajstić information content (AvgIpc) is 2.82. The van der Waals surface area contributed by atoms with Gasteiger partial charge >= 0.3 is 0 Å². The van der Waals surface area contributed by atoms with Crippen molar-refractivity contribution in [2.24, 2.45) is 0 Å². The third-order valence-corrected chi connectivity index (χ3v) is 4.75. The summed E-state index contributed by atoms with van der Waals surface area (Å²) < 4.78 is 5.96. The van der Waals surface area contributed by atoms with E-state index in [0.29, 0.717) is 10.0 Å². The van der Waals surface area contributed by atoms with Gasteiger partial charge in [0.2, 0.25) is 0 Å². The van der Waals surface area contributed by atoms with Gasteiger partial charge < -0.3 is 10.1 Å². The molecule has 0 saturated carbocycles. The number of rotatable bonds is 5. The summed E-state index contributed by atoms with van der Waals surface area (Å²) in [6, 6.07) is 6.07. The van der Waals surface area contributed by atoms with Crippen LogP contribution < -0.4 is 5.32 Å². The van der Waals surface area contributed by atoms with E-state index < -0.39 is 0 Å². The molecule has 0 radical (unpaired) electrons. The minimum atomic E-state index is -0.109. The second-order valence-electron chi connectivity index (χ2n) is 5.29. The molecule has 0 bridgehead atoms. The van der Waals surface area contributed by atoms with E-state index in [4.69, 9.17) is 27.9 Å². The fraction of sp³-hybridized carbons (Fsp3) is 0.600. The summed E-state index contributed by atoms with van der Waals surface area (Å²) in [4.78, 5) is 0. The molecule has 1 aromatic carbocycles. The van der Waals surface area contributed by atoms with E-state index in [1.165, 1.54) is 0 Å². The second-order valence-corrected chi connectivity index (χ2v) is 6.08. The number of nitrogens with one attached hydrogen (secondary N) is 1. The minimum absolute atomic E-state index is 0.109. The van der Waals surface area contributed by atoms with Gasteiger partial charge in [-0.25, -0.2) is 0 Å². The van der Waals surface area contributed by atoms with Crippen molar-refractivity contribution in [3.05, 3.63) is 33.8 Å². The molecule has 2 rings (SSSR count). The van der Waals surface area contributed by atoms with Gasteiger partial charge in [-0.2, -0.15) is 0 Å². The van der Waals surface area contributed by atoms with E-state index in [9.17, 15) is 0 Å². The lowest BCUT2D eigenvalue weighted by Gasteiger charge is -2.34. The molecule has 2 nitrogen and oxygen atoms in total. The van der Waals surface area contributed by atoms with Crippen LogP contribution in [0.1, 0.15) is 32.3 Å². The summed E-state index contributed by atoms with van der Waals surface area (Å²) in [7, 11) is 0. The number of benzene rings is 1. The van der Waals surface area contributed by atoms with Crippen LogP contribution in [-0.4, -0.2) is 24.8 Å². The first-order valence-electron chi connectivity index (χ1n) is 6.87. The molecule has 106 valence electrons. The van der Waals surface area contributed by atoms with Gasteiger partial charge in [0.05, 0.1) is 15.6 Å². The standard InChI is InChI=1S/C15H21Cl2NO/c1-3-18-13(15(2)8-5-9-19-15)10-11-6-4-7-12(16)14(11)17/h4,6-7,13,18H,3,5,8-10H2,1-2H3. The van der Waals surface area contributed by atoms with E-state index in [2.05, 4.69) is 19.2 Å². The van der Waals surface area contributed by atoms with E-state index >= 15 is 0 Å². The molecule has 4 heteroatoms. The van der Waals surface area contributed by atoms with Crippen molar-refractivity contribution in [2.45, 2.75) is 44.8 Å². The second kappa shape index (κ2) is 6.45. The Kier molecular flexibility index (Phi) is 5.13. The molecule has 1 aliphatic heterocycles. The Morgan fingerprint density at radius 1 is 1.42 bits per heavy atom. The smallest absolute Gasteiger partial charge is 0.0810 e. The fourth-order valence-corrected chi connectivity index (χ4v) is 3.15. The molecule has 0 aliphatic carbocycles. The van der Waals surface area contributed by atoms with Crippen molar-refractivity contribution in [2.75, 3.05) is 13.2 Å². The Morgan fingerprint density at radius 3 is 2.84 bits per heavy atom. The maximum Gasteiger partial charge on any atom is 0.0810 e. The van der Waals surface area contributed by atoms with Crippen molar-refractivity contribution in [1.29, 1.82) is 0 Å². The van der Waals surface area contributed by atoms with E-state index in [0.717, 1.165) is 38.0 Å². The van der Waals surface area contributed by atoms with Gasteiger partial charge in [0.15, 0.2) is 0 Å². The summed E-state index contributed by atoms with van der Waals surface area (Å²) in [5.74, 6) is 0. The van der Waals surface area contributed by atoms with Crippen LogP contribution in [0, 0.1) is 0 Å². The molecule has 1 aliphatic rings. The molecule has 0 aromatic heterocycles. The van der Waals surface area contributed by atoms with E-state index in [-0.39, 0.29) is 11.6 Å². The van der Waals surface area contributed by atoms with Crippen LogP contribution in [0.2, 0.25) is 10.0 Å². The summed E-state index contributed by atoms with van der Waals surface area (Å²) in [5, 5.41) is 4.81. The number of ether oxygens (including phenoxy) is 1. The molecular formula is C15H21Cl2NO. The first-order chi connectivity index (χ1) is 9.07. The summed E-state index contributed by atoms with van der Waals surface area (Å²) in [6.07, 6.45) is 3.05. The summed E-state index contributed by atoms with van der Waals surface area (Å²) in [5.41, 5.74) is 0.971. The van der Waals surface area contributed by atoms with Gasteiger partial charge in [-0.3, -0.25) is 0 Å². The third kappa shape index (κ3) is 3.43. The number of likely N-dealkylation sites (N-methyl/N-ethyl adjacent to an activating group) is 1. The van der Waals surface area contributed by atoms with Crippen LogP contribution in [0.15, 0.2) is 18.2 Å².